The molecule has 0 saturated heterocycles. The summed E-state index contributed by atoms with van der Waals surface area (Å²) in [5.41, 5.74) is -0.883. The summed E-state index contributed by atoms with van der Waals surface area (Å²) in [6.07, 6.45) is 4.79. The Labute approximate surface area is 116 Å². The minimum Gasteiger partial charge on any atom is -0.396 e. The number of allylic oxidation sites excluding steroid dienone is 1. The van der Waals surface area contributed by atoms with E-state index in [2.05, 4.69) is 11.9 Å². The maximum atomic E-state index is 12.8. The fourth-order valence-electron chi connectivity index (χ4n) is 4.08. The number of fused-ring (bicyclic) bond motifs is 1. The Kier molecular flexibility index (Phi) is 3.33. The molecule has 108 valence electrons. The van der Waals surface area contributed by atoms with Crippen molar-refractivity contribution in [2.45, 2.75) is 52.5 Å². The van der Waals surface area contributed by atoms with Crippen molar-refractivity contribution in [2.75, 3.05) is 6.61 Å². The van der Waals surface area contributed by atoms with Crippen molar-refractivity contribution in [2.24, 2.45) is 22.7 Å². The predicted molar refractivity (Wildman–Crippen MR) is 76.5 cm³/mol. The number of hydrogen-bond acceptors (Lipinski definition) is 2. The van der Waals surface area contributed by atoms with E-state index in [0.717, 1.165) is 19.3 Å². The van der Waals surface area contributed by atoms with E-state index in [1.807, 2.05) is 33.8 Å². The summed E-state index contributed by atoms with van der Waals surface area (Å²) < 4.78 is 0. The minimum atomic E-state index is -0.464. The van der Waals surface area contributed by atoms with E-state index in [9.17, 15) is 9.90 Å². The first-order valence-corrected chi connectivity index (χ1v) is 7.25. The molecule has 2 N–H and O–H groups in total. The number of carbonyl (C=O) groups excluding carboxylic acids is 1. The van der Waals surface area contributed by atoms with Crippen LogP contribution in [0.3, 0.4) is 0 Å². The Morgan fingerprint density at radius 1 is 1.53 bits per heavy atom. The maximum Gasteiger partial charge on any atom is 0.227 e. The average Bonchev–Trinajstić information content (AvgIpc) is 2.94. The number of nitrogens with one attached hydrogen (secondary N) is 1. The molecule has 0 aliphatic heterocycles. The van der Waals surface area contributed by atoms with Gasteiger partial charge in [0, 0.05) is 11.0 Å². The van der Waals surface area contributed by atoms with Gasteiger partial charge in [0.2, 0.25) is 5.91 Å². The van der Waals surface area contributed by atoms with Crippen LogP contribution >= 0.6 is 0 Å². The van der Waals surface area contributed by atoms with Crippen LogP contribution in [-0.4, -0.2) is 23.2 Å². The minimum absolute atomic E-state index is 0.0981. The number of aliphatic hydroxyl groups excluding tert-OH is 1. The molecule has 3 nitrogen and oxygen atoms in total. The van der Waals surface area contributed by atoms with E-state index >= 15 is 0 Å². The van der Waals surface area contributed by atoms with Crippen LogP contribution in [0, 0.1) is 22.7 Å². The summed E-state index contributed by atoms with van der Waals surface area (Å²) in [4.78, 5) is 12.8. The van der Waals surface area contributed by atoms with Gasteiger partial charge >= 0.3 is 0 Å². The van der Waals surface area contributed by atoms with Gasteiger partial charge < -0.3 is 10.4 Å². The van der Waals surface area contributed by atoms with Crippen LogP contribution < -0.4 is 5.32 Å². The van der Waals surface area contributed by atoms with Gasteiger partial charge in [0.25, 0.3) is 0 Å². The third-order valence-corrected chi connectivity index (χ3v) is 5.35. The summed E-state index contributed by atoms with van der Waals surface area (Å²) in [5, 5.41) is 13.0. The number of aliphatic hydroxyl groups is 1. The van der Waals surface area contributed by atoms with Crippen LogP contribution in [0.25, 0.3) is 0 Å². The average molecular weight is 265 g/mol. The molecule has 0 heterocycles. The first-order chi connectivity index (χ1) is 8.71. The second-order valence-electron chi connectivity index (χ2n) is 7.58. The molecule has 2 fully saturated rings. The first kappa shape index (κ1) is 14.6. The lowest BCUT2D eigenvalue weighted by Crippen LogP contribution is -2.53. The molecular formula is C16H27NO2. The van der Waals surface area contributed by atoms with E-state index < -0.39 is 5.41 Å². The van der Waals surface area contributed by atoms with Gasteiger partial charge in [-0.05, 0) is 58.8 Å². The van der Waals surface area contributed by atoms with E-state index in [1.165, 1.54) is 0 Å². The Morgan fingerprint density at radius 3 is 2.63 bits per heavy atom. The highest BCUT2D eigenvalue weighted by atomic mass is 16.3. The Morgan fingerprint density at radius 2 is 2.16 bits per heavy atom. The summed E-state index contributed by atoms with van der Waals surface area (Å²) >= 11 is 0. The van der Waals surface area contributed by atoms with E-state index in [-0.39, 0.29) is 23.5 Å². The van der Waals surface area contributed by atoms with Gasteiger partial charge in [-0.25, -0.2) is 0 Å². The number of amides is 1. The lowest BCUT2D eigenvalue weighted by Gasteiger charge is -2.40. The monoisotopic (exact) mass is 265 g/mol. The molecule has 0 aromatic carbocycles. The highest BCUT2D eigenvalue weighted by Gasteiger charge is 2.74. The van der Waals surface area contributed by atoms with Crippen molar-refractivity contribution in [3.63, 3.8) is 0 Å². The highest BCUT2D eigenvalue weighted by molar-refractivity contribution is 5.85. The van der Waals surface area contributed by atoms with E-state index in [0.29, 0.717) is 11.8 Å². The normalized spacial score (nSPS) is 40.7. The molecule has 3 heteroatoms. The number of rotatable bonds is 4. The highest BCUT2D eigenvalue weighted by Crippen LogP contribution is 2.74. The van der Waals surface area contributed by atoms with Gasteiger partial charge in [0.1, 0.15) is 0 Å². The molecule has 0 aromatic rings. The molecule has 19 heavy (non-hydrogen) atoms. The zero-order valence-electron chi connectivity index (χ0n) is 12.6. The van der Waals surface area contributed by atoms with Crippen molar-refractivity contribution in [3.05, 3.63) is 12.7 Å². The Balaban J connectivity index is 2.29. The van der Waals surface area contributed by atoms with Crippen molar-refractivity contribution in [1.82, 2.24) is 5.32 Å². The second kappa shape index (κ2) is 4.34. The molecule has 0 spiro atoms. The van der Waals surface area contributed by atoms with Crippen LogP contribution in [0.2, 0.25) is 0 Å². The van der Waals surface area contributed by atoms with Crippen molar-refractivity contribution in [3.8, 4) is 0 Å². The zero-order chi connectivity index (χ0) is 14.5. The fraction of sp³-hybridized carbons (Fsp3) is 0.812. The van der Waals surface area contributed by atoms with Gasteiger partial charge in [-0.3, -0.25) is 4.79 Å². The van der Waals surface area contributed by atoms with Gasteiger partial charge in [-0.2, -0.15) is 0 Å². The summed E-state index contributed by atoms with van der Waals surface area (Å²) in [5.74, 6) is 0.914. The number of carbonyl (C=O) groups is 1. The number of hydrogen-bond donors (Lipinski definition) is 2. The van der Waals surface area contributed by atoms with Crippen molar-refractivity contribution >= 4 is 5.91 Å². The zero-order valence-corrected chi connectivity index (χ0v) is 12.6. The third-order valence-electron chi connectivity index (χ3n) is 5.35. The van der Waals surface area contributed by atoms with Gasteiger partial charge in [0.15, 0.2) is 0 Å². The van der Waals surface area contributed by atoms with Crippen LogP contribution in [-0.2, 0) is 4.79 Å². The third kappa shape index (κ3) is 2.03. The lowest BCUT2D eigenvalue weighted by atomic mass is 9.67. The Bertz CT molecular complexity index is 394. The van der Waals surface area contributed by atoms with Crippen molar-refractivity contribution < 1.29 is 9.90 Å². The van der Waals surface area contributed by atoms with E-state index in [4.69, 9.17) is 0 Å². The first-order valence-electron chi connectivity index (χ1n) is 7.25. The predicted octanol–water partition coefficient (Wildman–Crippen LogP) is 2.50. The molecular weight excluding hydrogens is 238 g/mol. The van der Waals surface area contributed by atoms with Crippen molar-refractivity contribution in [1.29, 1.82) is 0 Å². The van der Waals surface area contributed by atoms with Gasteiger partial charge in [-0.1, -0.05) is 6.08 Å². The SMILES string of the molecule is C=CCC1C[C@H]2C[C@@]2(CO)C1(C)C(=O)NC(C)(C)C. The maximum absolute atomic E-state index is 12.8. The second-order valence-corrected chi connectivity index (χ2v) is 7.58. The van der Waals surface area contributed by atoms with Crippen LogP contribution in [0.1, 0.15) is 47.0 Å². The van der Waals surface area contributed by atoms with Gasteiger partial charge in [-0.15, -0.1) is 6.58 Å². The van der Waals surface area contributed by atoms with Crippen LogP contribution in [0.15, 0.2) is 12.7 Å². The lowest BCUT2D eigenvalue weighted by molar-refractivity contribution is -0.139. The smallest absolute Gasteiger partial charge is 0.227 e. The largest absolute Gasteiger partial charge is 0.396 e. The molecule has 1 amide bonds. The molecule has 0 aromatic heterocycles. The van der Waals surface area contributed by atoms with Crippen LogP contribution in [0.5, 0.6) is 0 Å². The molecule has 2 aliphatic rings. The molecule has 2 saturated carbocycles. The van der Waals surface area contributed by atoms with E-state index in [1.54, 1.807) is 0 Å². The molecule has 2 unspecified atom stereocenters. The van der Waals surface area contributed by atoms with Crippen LogP contribution in [0.4, 0.5) is 0 Å². The summed E-state index contributed by atoms with van der Waals surface area (Å²) in [6.45, 7) is 12.0. The summed E-state index contributed by atoms with van der Waals surface area (Å²) in [7, 11) is 0. The molecule has 4 atom stereocenters. The topological polar surface area (TPSA) is 49.3 Å². The molecule has 0 bridgehead atoms. The molecule has 2 rings (SSSR count). The standard InChI is InChI=1S/C16H27NO2/c1-6-7-11-8-12-9-16(12,10-18)15(11,5)13(19)17-14(2,3)4/h6,11-12,18H,1,7-10H2,2-5H3,(H,17,19)/t11?,12-,15?,16-/m0/s1. The molecule has 2 aliphatic carbocycles. The summed E-state index contributed by atoms with van der Waals surface area (Å²) in [6, 6.07) is 0. The van der Waals surface area contributed by atoms with Gasteiger partial charge in [0.05, 0.1) is 12.0 Å². The molecule has 0 radical (unpaired) electrons. The fourth-order valence-corrected chi connectivity index (χ4v) is 4.08. The quantitative estimate of drug-likeness (QED) is 0.767. The Hall–Kier alpha value is -0.830.